The zero-order valence-corrected chi connectivity index (χ0v) is 13.7. The van der Waals surface area contributed by atoms with Crippen LogP contribution in [-0.4, -0.2) is 18.3 Å². The Bertz CT molecular complexity index is 775. The maximum absolute atomic E-state index is 12.1. The molecule has 0 spiro atoms. The van der Waals surface area contributed by atoms with Crippen molar-refractivity contribution >= 4 is 40.8 Å². The fourth-order valence-electron chi connectivity index (χ4n) is 1.78. The van der Waals surface area contributed by atoms with Crippen LogP contribution in [0, 0.1) is 0 Å². The monoisotopic (exact) mass is 392 g/mol. The summed E-state index contributed by atoms with van der Waals surface area (Å²) >= 11 is 11.7. The smallest absolute Gasteiger partial charge is 0.406 e. The van der Waals surface area contributed by atoms with Gasteiger partial charge in [0, 0.05) is 5.69 Å². The van der Waals surface area contributed by atoms with Gasteiger partial charge in [-0.15, -0.1) is 13.2 Å². The summed E-state index contributed by atoms with van der Waals surface area (Å²) in [6.07, 6.45) is -4.81. The van der Waals surface area contributed by atoms with Gasteiger partial charge >= 0.3 is 12.4 Å². The van der Waals surface area contributed by atoms with E-state index in [1.54, 1.807) is 0 Å². The molecular formula is C15H9Cl2F3N2O3. The normalized spacial score (nSPS) is 10.9. The fourth-order valence-corrected chi connectivity index (χ4v) is 2.35. The van der Waals surface area contributed by atoms with Crippen molar-refractivity contribution in [3.05, 3.63) is 58.1 Å². The SMILES string of the molecule is O=C(NC(=O)c1c(Cl)cccc1Cl)Nc1ccc(OC(F)(F)F)cc1. The van der Waals surface area contributed by atoms with Crippen molar-refractivity contribution in [1.82, 2.24) is 5.32 Å². The van der Waals surface area contributed by atoms with Crippen molar-refractivity contribution in [3.8, 4) is 5.75 Å². The van der Waals surface area contributed by atoms with Gasteiger partial charge in [-0.25, -0.2) is 4.79 Å². The molecule has 2 rings (SSSR count). The fraction of sp³-hybridized carbons (Fsp3) is 0.0667. The van der Waals surface area contributed by atoms with E-state index in [4.69, 9.17) is 23.2 Å². The first-order valence-corrected chi connectivity index (χ1v) is 7.33. The highest BCUT2D eigenvalue weighted by Crippen LogP contribution is 2.25. The molecular weight excluding hydrogens is 384 g/mol. The molecule has 10 heteroatoms. The molecule has 3 amide bonds. The summed E-state index contributed by atoms with van der Waals surface area (Å²) in [7, 11) is 0. The van der Waals surface area contributed by atoms with Gasteiger partial charge in [0.2, 0.25) is 0 Å². The van der Waals surface area contributed by atoms with Crippen LogP contribution in [0.1, 0.15) is 10.4 Å². The van der Waals surface area contributed by atoms with E-state index in [1.807, 2.05) is 5.32 Å². The molecule has 0 unspecified atom stereocenters. The number of imide groups is 1. The molecule has 0 aliphatic heterocycles. The van der Waals surface area contributed by atoms with Gasteiger partial charge in [-0.3, -0.25) is 10.1 Å². The summed E-state index contributed by atoms with van der Waals surface area (Å²) in [4.78, 5) is 23.8. The number of anilines is 1. The van der Waals surface area contributed by atoms with E-state index in [0.717, 1.165) is 12.1 Å². The summed E-state index contributed by atoms with van der Waals surface area (Å²) in [6.45, 7) is 0. The molecule has 2 aromatic carbocycles. The number of nitrogens with one attached hydrogen (secondary N) is 2. The lowest BCUT2D eigenvalue weighted by atomic mass is 10.2. The molecule has 0 aliphatic carbocycles. The topological polar surface area (TPSA) is 67.4 Å². The van der Waals surface area contributed by atoms with Crippen molar-refractivity contribution < 1.29 is 27.5 Å². The molecule has 2 N–H and O–H groups in total. The number of amides is 3. The van der Waals surface area contributed by atoms with E-state index in [2.05, 4.69) is 10.1 Å². The van der Waals surface area contributed by atoms with E-state index >= 15 is 0 Å². The first-order valence-electron chi connectivity index (χ1n) is 6.58. The van der Waals surface area contributed by atoms with Crippen molar-refractivity contribution in [2.24, 2.45) is 0 Å². The first-order chi connectivity index (χ1) is 11.7. The lowest BCUT2D eigenvalue weighted by Crippen LogP contribution is -2.34. The Hall–Kier alpha value is -2.45. The van der Waals surface area contributed by atoms with Gasteiger partial charge in [0.25, 0.3) is 5.91 Å². The molecule has 0 saturated heterocycles. The van der Waals surface area contributed by atoms with E-state index in [-0.39, 0.29) is 21.3 Å². The van der Waals surface area contributed by atoms with E-state index in [1.165, 1.54) is 30.3 Å². The molecule has 0 radical (unpaired) electrons. The first kappa shape index (κ1) is 18.9. The lowest BCUT2D eigenvalue weighted by molar-refractivity contribution is -0.274. The molecule has 0 heterocycles. The number of alkyl halides is 3. The average molecular weight is 393 g/mol. The van der Waals surface area contributed by atoms with Gasteiger partial charge < -0.3 is 10.1 Å². The molecule has 0 aromatic heterocycles. The van der Waals surface area contributed by atoms with Crippen LogP contribution in [-0.2, 0) is 0 Å². The summed E-state index contributed by atoms with van der Waals surface area (Å²) in [6, 6.07) is 7.85. The largest absolute Gasteiger partial charge is 0.573 e. The van der Waals surface area contributed by atoms with Gasteiger partial charge in [0.1, 0.15) is 5.75 Å². The van der Waals surface area contributed by atoms with Crippen LogP contribution in [0.3, 0.4) is 0 Å². The highest BCUT2D eigenvalue weighted by molar-refractivity contribution is 6.40. The molecule has 132 valence electrons. The predicted octanol–water partition coefficient (Wildman–Crippen LogP) is 4.85. The van der Waals surface area contributed by atoms with Crippen LogP contribution in [0.2, 0.25) is 10.0 Å². The number of ether oxygens (including phenoxy) is 1. The van der Waals surface area contributed by atoms with Gasteiger partial charge in [0.05, 0.1) is 15.6 Å². The third-order valence-electron chi connectivity index (χ3n) is 2.76. The Kier molecular flexibility index (Phi) is 5.76. The van der Waals surface area contributed by atoms with Gasteiger partial charge in [0.15, 0.2) is 0 Å². The molecule has 0 bridgehead atoms. The van der Waals surface area contributed by atoms with Crippen LogP contribution >= 0.6 is 23.2 Å². The molecule has 5 nitrogen and oxygen atoms in total. The average Bonchev–Trinajstić information content (AvgIpc) is 2.47. The summed E-state index contributed by atoms with van der Waals surface area (Å²) in [5.41, 5.74) is 0.0694. The van der Waals surface area contributed by atoms with Crippen molar-refractivity contribution in [3.63, 3.8) is 0 Å². The number of carbonyl (C=O) groups is 2. The number of halogens is 5. The molecule has 0 aliphatic rings. The Morgan fingerprint density at radius 1 is 0.960 bits per heavy atom. The zero-order valence-electron chi connectivity index (χ0n) is 12.2. The molecule has 25 heavy (non-hydrogen) atoms. The quantitative estimate of drug-likeness (QED) is 0.783. The lowest BCUT2D eigenvalue weighted by Gasteiger charge is -2.11. The predicted molar refractivity (Wildman–Crippen MR) is 86.1 cm³/mol. The van der Waals surface area contributed by atoms with Crippen LogP contribution < -0.4 is 15.4 Å². The van der Waals surface area contributed by atoms with E-state index < -0.39 is 24.1 Å². The highest BCUT2D eigenvalue weighted by Gasteiger charge is 2.31. The van der Waals surface area contributed by atoms with Gasteiger partial charge in [-0.2, -0.15) is 0 Å². The number of hydrogen-bond acceptors (Lipinski definition) is 3. The van der Waals surface area contributed by atoms with E-state index in [0.29, 0.717) is 0 Å². The van der Waals surface area contributed by atoms with E-state index in [9.17, 15) is 22.8 Å². The van der Waals surface area contributed by atoms with Gasteiger partial charge in [-0.1, -0.05) is 29.3 Å². The minimum atomic E-state index is -4.81. The number of rotatable bonds is 3. The van der Waals surface area contributed by atoms with Crippen LogP contribution in [0.4, 0.5) is 23.7 Å². The third kappa shape index (κ3) is 5.54. The Morgan fingerprint density at radius 3 is 2.04 bits per heavy atom. The van der Waals surface area contributed by atoms with Crippen molar-refractivity contribution in [2.75, 3.05) is 5.32 Å². The maximum atomic E-state index is 12.1. The number of benzene rings is 2. The highest BCUT2D eigenvalue weighted by atomic mass is 35.5. The summed E-state index contributed by atoms with van der Waals surface area (Å²) in [5, 5.41) is 4.41. The second kappa shape index (κ2) is 7.62. The molecule has 2 aromatic rings. The Balaban J connectivity index is 1.99. The van der Waals surface area contributed by atoms with Crippen molar-refractivity contribution in [2.45, 2.75) is 6.36 Å². The summed E-state index contributed by atoms with van der Waals surface area (Å²) in [5.74, 6) is -1.28. The molecule has 0 atom stereocenters. The number of carbonyl (C=O) groups excluding carboxylic acids is 2. The molecule has 0 saturated carbocycles. The van der Waals surface area contributed by atoms with Crippen LogP contribution in [0.25, 0.3) is 0 Å². The Morgan fingerprint density at radius 2 is 1.52 bits per heavy atom. The molecule has 0 fully saturated rings. The number of hydrogen-bond donors (Lipinski definition) is 2. The van der Waals surface area contributed by atoms with Gasteiger partial charge in [-0.05, 0) is 36.4 Å². The summed E-state index contributed by atoms with van der Waals surface area (Å²) < 4.78 is 39.9. The minimum absolute atomic E-state index is 0.0615. The third-order valence-corrected chi connectivity index (χ3v) is 3.39. The second-order valence-electron chi connectivity index (χ2n) is 4.58. The minimum Gasteiger partial charge on any atom is -0.406 e. The van der Waals surface area contributed by atoms with Crippen LogP contribution in [0.15, 0.2) is 42.5 Å². The Labute approximate surface area is 149 Å². The zero-order chi connectivity index (χ0) is 18.6. The standard InChI is InChI=1S/C15H9Cl2F3N2O3/c16-10-2-1-3-11(17)12(10)13(23)22-14(24)21-8-4-6-9(7-5-8)25-15(18,19)20/h1-7H,(H2,21,22,23,24). The maximum Gasteiger partial charge on any atom is 0.573 e. The second-order valence-corrected chi connectivity index (χ2v) is 5.39. The number of urea groups is 1. The van der Waals surface area contributed by atoms with Crippen LogP contribution in [0.5, 0.6) is 5.75 Å². The van der Waals surface area contributed by atoms with Crippen molar-refractivity contribution in [1.29, 1.82) is 0 Å².